The molecule has 4 heteroatoms. The highest BCUT2D eigenvalue weighted by Gasteiger charge is 2.01. The average Bonchev–Trinajstić information content (AvgIpc) is 2.40. The first-order valence-electron chi connectivity index (χ1n) is 5.55. The maximum Gasteiger partial charge on any atom is 0.0972 e. The maximum atomic E-state index is 6.06. The molecule has 0 atom stereocenters. The Kier molecular flexibility index (Phi) is 4.93. The van der Waals surface area contributed by atoms with E-state index in [9.17, 15) is 0 Å². The van der Waals surface area contributed by atoms with E-state index in [1.54, 1.807) is 23.9 Å². The summed E-state index contributed by atoms with van der Waals surface area (Å²) in [6.07, 6.45) is 0. The average molecular weight is 280 g/mol. The zero-order valence-electron chi connectivity index (χ0n) is 9.80. The number of hydrogen-bond donors (Lipinski definition) is 1. The van der Waals surface area contributed by atoms with Gasteiger partial charge in [-0.2, -0.15) is 0 Å². The number of thioether (sulfide) groups is 1. The minimum absolute atomic E-state index is 0.554. The van der Waals surface area contributed by atoms with Gasteiger partial charge in [0.25, 0.3) is 0 Å². The fraction of sp³-hybridized carbons (Fsp3) is 0.143. The number of halogens is 1. The lowest BCUT2D eigenvalue weighted by molar-refractivity contribution is 0.169. The van der Waals surface area contributed by atoms with Gasteiger partial charge in [0.2, 0.25) is 0 Å². The van der Waals surface area contributed by atoms with Crippen LogP contribution in [0, 0.1) is 0 Å². The molecule has 0 aliphatic rings. The topological polar surface area (TPSA) is 35.2 Å². The van der Waals surface area contributed by atoms with Gasteiger partial charge in [-0.05, 0) is 23.8 Å². The number of benzene rings is 2. The van der Waals surface area contributed by atoms with Crippen molar-refractivity contribution in [3.8, 4) is 0 Å². The van der Waals surface area contributed by atoms with Crippen molar-refractivity contribution < 1.29 is 4.74 Å². The van der Waals surface area contributed by atoms with E-state index >= 15 is 0 Å². The fourth-order valence-corrected chi connectivity index (χ4v) is 2.47. The third-order valence-corrected chi connectivity index (χ3v) is 3.74. The predicted octanol–water partition coefficient (Wildman–Crippen LogP) is 4.19. The summed E-state index contributed by atoms with van der Waals surface area (Å²) in [5, 5.41) is 0.706. The van der Waals surface area contributed by atoms with Crippen LogP contribution in [0.25, 0.3) is 0 Å². The van der Waals surface area contributed by atoms with Gasteiger partial charge in [0.05, 0.1) is 17.6 Å². The SMILES string of the molecule is Nc1ccc(Cl)c(SCOCc2ccccc2)c1. The quantitative estimate of drug-likeness (QED) is 0.386. The van der Waals surface area contributed by atoms with Crippen LogP contribution < -0.4 is 5.73 Å². The van der Waals surface area contributed by atoms with Gasteiger partial charge >= 0.3 is 0 Å². The molecule has 0 bridgehead atoms. The minimum atomic E-state index is 0.554. The summed E-state index contributed by atoms with van der Waals surface area (Å²) in [7, 11) is 0. The highest BCUT2D eigenvalue weighted by Crippen LogP contribution is 2.29. The smallest absolute Gasteiger partial charge is 0.0972 e. The highest BCUT2D eigenvalue weighted by molar-refractivity contribution is 7.99. The number of ether oxygens (including phenoxy) is 1. The van der Waals surface area contributed by atoms with Gasteiger partial charge in [-0.15, -0.1) is 0 Å². The molecule has 2 rings (SSSR count). The van der Waals surface area contributed by atoms with E-state index in [1.807, 2.05) is 36.4 Å². The lowest BCUT2D eigenvalue weighted by Crippen LogP contribution is -1.92. The van der Waals surface area contributed by atoms with E-state index in [0.717, 1.165) is 10.5 Å². The van der Waals surface area contributed by atoms with Gasteiger partial charge in [-0.25, -0.2) is 0 Å². The molecular formula is C14H14ClNOS. The highest BCUT2D eigenvalue weighted by atomic mass is 35.5. The molecule has 2 aromatic carbocycles. The third kappa shape index (κ3) is 3.95. The molecule has 0 aliphatic heterocycles. The first kappa shape index (κ1) is 13.3. The summed E-state index contributed by atoms with van der Waals surface area (Å²) in [6.45, 7) is 0.605. The third-order valence-electron chi connectivity index (χ3n) is 2.36. The van der Waals surface area contributed by atoms with Crippen molar-refractivity contribution >= 4 is 29.1 Å². The molecule has 2 N–H and O–H groups in total. The first-order valence-corrected chi connectivity index (χ1v) is 6.91. The Balaban J connectivity index is 1.80. The van der Waals surface area contributed by atoms with Crippen LogP contribution in [0.15, 0.2) is 53.4 Å². The van der Waals surface area contributed by atoms with Crippen LogP contribution in [0.3, 0.4) is 0 Å². The molecule has 0 radical (unpaired) electrons. The standard InChI is InChI=1S/C14H14ClNOS/c15-13-7-6-12(16)8-14(13)18-10-17-9-11-4-2-1-3-5-11/h1-8H,9-10,16H2. The Labute approximate surface area is 116 Å². The van der Waals surface area contributed by atoms with Crippen LogP contribution in [0.1, 0.15) is 5.56 Å². The predicted molar refractivity (Wildman–Crippen MR) is 77.8 cm³/mol. The van der Waals surface area contributed by atoms with Crippen molar-refractivity contribution in [1.82, 2.24) is 0 Å². The fourth-order valence-electron chi connectivity index (χ4n) is 1.47. The molecule has 0 saturated heterocycles. The molecule has 0 saturated carbocycles. The zero-order chi connectivity index (χ0) is 12.8. The lowest BCUT2D eigenvalue weighted by atomic mass is 10.2. The monoisotopic (exact) mass is 279 g/mol. The van der Waals surface area contributed by atoms with Gasteiger partial charge in [0, 0.05) is 10.6 Å². The Morgan fingerprint density at radius 3 is 2.67 bits per heavy atom. The largest absolute Gasteiger partial charge is 0.399 e. The van der Waals surface area contributed by atoms with Crippen molar-refractivity contribution in [3.63, 3.8) is 0 Å². The van der Waals surface area contributed by atoms with E-state index in [2.05, 4.69) is 0 Å². The van der Waals surface area contributed by atoms with Crippen LogP contribution in [-0.2, 0) is 11.3 Å². The van der Waals surface area contributed by atoms with Gasteiger partial charge in [0.1, 0.15) is 0 Å². The molecule has 0 fully saturated rings. The molecule has 2 aromatic rings. The normalized spacial score (nSPS) is 10.5. The van der Waals surface area contributed by atoms with Crippen LogP contribution >= 0.6 is 23.4 Å². The first-order chi connectivity index (χ1) is 8.75. The van der Waals surface area contributed by atoms with E-state index in [1.165, 1.54) is 0 Å². The Morgan fingerprint density at radius 1 is 1.11 bits per heavy atom. The van der Waals surface area contributed by atoms with Crippen LogP contribution in [0.5, 0.6) is 0 Å². The number of nitrogen functional groups attached to an aromatic ring is 1. The zero-order valence-corrected chi connectivity index (χ0v) is 11.4. The molecular weight excluding hydrogens is 266 g/mol. The summed E-state index contributed by atoms with van der Waals surface area (Å²) in [6, 6.07) is 15.5. The summed E-state index contributed by atoms with van der Waals surface area (Å²) in [5.74, 6) is 0.554. The maximum absolute atomic E-state index is 6.06. The second-order valence-corrected chi connectivity index (χ2v) is 5.16. The van der Waals surface area contributed by atoms with Crippen molar-refractivity contribution in [1.29, 1.82) is 0 Å². The van der Waals surface area contributed by atoms with Crippen molar-refractivity contribution in [2.24, 2.45) is 0 Å². The number of anilines is 1. The van der Waals surface area contributed by atoms with Gasteiger partial charge in [-0.3, -0.25) is 0 Å². The minimum Gasteiger partial charge on any atom is -0.399 e. The number of nitrogens with two attached hydrogens (primary N) is 1. The number of rotatable bonds is 5. The molecule has 0 unspecified atom stereocenters. The summed E-state index contributed by atoms with van der Waals surface area (Å²) in [4.78, 5) is 0.949. The van der Waals surface area contributed by atoms with E-state index in [0.29, 0.717) is 23.3 Å². The number of hydrogen-bond acceptors (Lipinski definition) is 3. The van der Waals surface area contributed by atoms with E-state index in [-0.39, 0.29) is 0 Å². The summed E-state index contributed by atoms with van der Waals surface area (Å²) in [5.41, 5.74) is 7.59. The Hall–Kier alpha value is -1.16. The Bertz CT molecular complexity index is 504. The molecule has 2 nitrogen and oxygen atoms in total. The van der Waals surface area contributed by atoms with E-state index in [4.69, 9.17) is 22.1 Å². The van der Waals surface area contributed by atoms with Gasteiger partial charge in [-0.1, -0.05) is 53.7 Å². The van der Waals surface area contributed by atoms with E-state index < -0.39 is 0 Å². The molecule has 0 amide bonds. The van der Waals surface area contributed by atoms with Crippen LogP contribution in [0.2, 0.25) is 5.02 Å². The molecule has 0 aromatic heterocycles. The lowest BCUT2D eigenvalue weighted by Gasteiger charge is -2.06. The summed E-state index contributed by atoms with van der Waals surface area (Å²) >= 11 is 7.61. The molecule has 0 spiro atoms. The van der Waals surface area contributed by atoms with Crippen LogP contribution in [0.4, 0.5) is 5.69 Å². The molecule has 18 heavy (non-hydrogen) atoms. The van der Waals surface area contributed by atoms with Crippen LogP contribution in [-0.4, -0.2) is 5.94 Å². The van der Waals surface area contributed by atoms with Crippen molar-refractivity contribution in [3.05, 3.63) is 59.1 Å². The van der Waals surface area contributed by atoms with Crippen molar-refractivity contribution in [2.75, 3.05) is 11.7 Å². The summed E-state index contributed by atoms with van der Waals surface area (Å²) < 4.78 is 5.58. The molecule has 0 aliphatic carbocycles. The molecule has 94 valence electrons. The second kappa shape index (κ2) is 6.69. The second-order valence-electron chi connectivity index (χ2n) is 3.79. The molecule has 0 heterocycles. The van der Waals surface area contributed by atoms with Gasteiger partial charge < -0.3 is 10.5 Å². The Morgan fingerprint density at radius 2 is 1.89 bits per heavy atom. The van der Waals surface area contributed by atoms with Gasteiger partial charge in [0.15, 0.2) is 0 Å². The van der Waals surface area contributed by atoms with Crippen molar-refractivity contribution in [2.45, 2.75) is 11.5 Å².